The van der Waals surface area contributed by atoms with E-state index in [1.165, 1.54) is 0 Å². The summed E-state index contributed by atoms with van der Waals surface area (Å²) in [4.78, 5) is 16.3. The van der Waals surface area contributed by atoms with Gasteiger partial charge in [0.2, 0.25) is 5.91 Å². The molecule has 0 bridgehead atoms. The van der Waals surface area contributed by atoms with E-state index in [1.807, 2.05) is 24.3 Å². The zero-order valence-corrected chi connectivity index (χ0v) is 14.7. The molecule has 0 aliphatic carbocycles. The Balaban J connectivity index is 1.46. The van der Waals surface area contributed by atoms with E-state index >= 15 is 0 Å². The van der Waals surface area contributed by atoms with Crippen LogP contribution in [0.5, 0.6) is 0 Å². The molecule has 1 aromatic carbocycles. The molecule has 0 atom stereocenters. The van der Waals surface area contributed by atoms with Crippen LogP contribution in [0.1, 0.15) is 5.76 Å². The molecule has 1 fully saturated rings. The lowest BCUT2D eigenvalue weighted by Crippen LogP contribution is -2.49. The van der Waals surface area contributed by atoms with E-state index in [2.05, 4.69) is 15.1 Å². The maximum atomic E-state index is 12.0. The molecule has 2 aromatic rings. The van der Waals surface area contributed by atoms with Gasteiger partial charge in [0.05, 0.1) is 35.1 Å². The Morgan fingerprint density at radius 3 is 2.62 bits per heavy atom. The van der Waals surface area contributed by atoms with Crippen LogP contribution in [0.2, 0.25) is 10.0 Å². The van der Waals surface area contributed by atoms with Gasteiger partial charge in [0.15, 0.2) is 0 Å². The van der Waals surface area contributed by atoms with Crippen molar-refractivity contribution in [2.24, 2.45) is 0 Å². The van der Waals surface area contributed by atoms with Gasteiger partial charge in [0.25, 0.3) is 0 Å². The highest BCUT2D eigenvalue weighted by molar-refractivity contribution is 6.43. The number of anilines is 1. The van der Waals surface area contributed by atoms with Crippen molar-refractivity contribution in [1.29, 1.82) is 0 Å². The average Bonchev–Trinajstić information content (AvgIpc) is 3.10. The summed E-state index contributed by atoms with van der Waals surface area (Å²) in [7, 11) is 0. The number of carbonyl (C=O) groups is 1. The summed E-state index contributed by atoms with van der Waals surface area (Å²) in [6, 6.07) is 9.31. The molecular weight excluding hydrogens is 349 g/mol. The third-order valence-electron chi connectivity index (χ3n) is 4.05. The predicted octanol–water partition coefficient (Wildman–Crippen LogP) is 3.02. The number of piperazine rings is 1. The van der Waals surface area contributed by atoms with Crippen LogP contribution >= 0.6 is 23.2 Å². The monoisotopic (exact) mass is 367 g/mol. The third-order valence-corrected chi connectivity index (χ3v) is 4.86. The van der Waals surface area contributed by atoms with Gasteiger partial charge in [0, 0.05) is 26.2 Å². The van der Waals surface area contributed by atoms with E-state index < -0.39 is 0 Å². The van der Waals surface area contributed by atoms with Gasteiger partial charge in [-0.05, 0) is 24.3 Å². The normalized spacial score (nSPS) is 15.5. The molecule has 0 spiro atoms. The lowest BCUT2D eigenvalue weighted by Gasteiger charge is -2.36. The van der Waals surface area contributed by atoms with Crippen LogP contribution in [0.4, 0.5) is 5.69 Å². The van der Waals surface area contributed by atoms with Gasteiger partial charge in [-0.25, -0.2) is 0 Å². The molecule has 0 radical (unpaired) electrons. The Morgan fingerprint density at radius 2 is 1.92 bits per heavy atom. The highest BCUT2D eigenvalue weighted by Crippen LogP contribution is 2.32. The number of benzene rings is 1. The molecular formula is C17H19Cl2N3O2. The number of carbonyl (C=O) groups excluding carboxylic acids is 1. The first kappa shape index (κ1) is 17.1. The fourth-order valence-electron chi connectivity index (χ4n) is 2.74. The smallest absolute Gasteiger partial charge is 0.234 e. The fraction of sp³-hybridized carbons (Fsp3) is 0.353. The first-order valence-electron chi connectivity index (χ1n) is 7.84. The average molecular weight is 368 g/mol. The van der Waals surface area contributed by atoms with Gasteiger partial charge >= 0.3 is 0 Å². The molecule has 3 rings (SSSR count). The van der Waals surface area contributed by atoms with E-state index in [0.717, 1.165) is 37.6 Å². The number of amides is 1. The molecule has 1 aliphatic rings. The van der Waals surface area contributed by atoms with Crippen LogP contribution in [0, 0.1) is 0 Å². The number of halogens is 2. The molecule has 24 heavy (non-hydrogen) atoms. The Morgan fingerprint density at radius 1 is 1.12 bits per heavy atom. The van der Waals surface area contributed by atoms with Gasteiger partial charge < -0.3 is 14.6 Å². The van der Waals surface area contributed by atoms with Crippen LogP contribution in [-0.4, -0.2) is 43.5 Å². The zero-order valence-electron chi connectivity index (χ0n) is 13.2. The minimum atomic E-state index is 0.000591. The summed E-state index contributed by atoms with van der Waals surface area (Å²) in [6.07, 6.45) is 1.60. The molecule has 0 saturated carbocycles. The minimum Gasteiger partial charge on any atom is -0.467 e. The van der Waals surface area contributed by atoms with E-state index in [9.17, 15) is 4.79 Å². The molecule has 2 heterocycles. The van der Waals surface area contributed by atoms with E-state index in [1.54, 1.807) is 12.3 Å². The van der Waals surface area contributed by atoms with Gasteiger partial charge in [-0.3, -0.25) is 9.69 Å². The molecule has 7 heteroatoms. The standard InChI is InChI=1S/C17H19Cl2N3O2/c18-14-4-1-5-15(17(14)19)22-8-6-21(7-9-22)12-16(23)20-11-13-3-2-10-24-13/h1-5,10H,6-9,11-12H2,(H,20,23). The number of nitrogens with zero attached hydrogens (tertiary/aromatic N) is 2. The van der Waals surface area contributed by atoms with Crippen LogP contribution in [0.3, 0.4) is 0 Å². The second-order valence-corrected chi connectivity index (χ2v) is 6.48. The summed E-state index contributed by atoms with van der Waals surface area (Å²) in [5.41, 5.74) is 0.950. The molecule has 1 N–H and O–H groups in total. The van der Waals surface area contributed by atoms with Crippen molar-refractivity contribution in [1.82, 2.24) is 10.2 Å². The number of nitrogens with one attached hydrogen (secondary N) is 1. The summed E-state index contributed by atoms with van der Waals surface area (Å²) < 4.78 is 5.20. The van der Waals surface area contributed by atoms with Crippen molar-refractivity contribution < 1.29 is 9.21 Å². The minimum absolute atomic E-state index is 0.000591. The second-order valence-electron chi connectivity index (χ2n) is 5.69. The van der Waals surface area contributed by atoms with E-state index in [0.29, 0.717) is 23.1 Å². The lowest BCUT2D eigenvalue weighted by atomic mass is 10.2. The van der Waals surface area contributed by atoms with Crippen molar-refractivity contribution in [2.75, 3.05) is 37.6 Å². The van der Waals surface area contributed by atoms with Crippen molar-refractivity contribution in [2.45, 2.75) is 6.54 Å². The Kier molecular flexibility index (Phi) is 5.66. The Labute approximate surface area is 151 Å². The lowest BCUT2D eigenvalue weighted by molar-refractivity contribution is -0.122. The number of rotatable bonds is 5. The first-order chi connectivity index (χ1) is 11.6. The Hall–Kier alpha value is -1.69. The van der Waals surface area contributed by atoms with Gasteiger partial charge in [-0.15, -0.1) is 0 Å². The fourth-order valence-corrected chi connectivity index (χ4v) is 3.16. The van der Waals surface area contributed by atoms with Gasteiger partial charge in [-0.1, -0.05) is 29.3 Å². The first-order valence-corrected chi connectivity index (χ1v) is 8.59. The molecule has 128 valence electrons. The summed E-state index contributed by atoms with van der Waals surface area (Å²) in [5, 5.41) is 4.02. The van der Waals surface area contributed by atoms with Crippen LogP contribution < -0.4 is 10.2 Å². The van der Waals surface area contributed by atoms with Crippen molar-refractivity contribution in [3.8, 4) is 0 Å². The van der Waals surface area contributed by atoms with Gasteiger partial charge in [0.1, 0.15) is 5.76 Å². The second kappa shape index (κ2) is 7.92. The molecule has 1 aliphatic heterocycles. The molecule has 0 unspecified atom stereocenters. The van der Waals surface area contributed by atoms with Crippen molar-refractivity contribution >= 4 is 34.8 Å². The highest BCUT2D eigenvalue weighted by Gasteiger charge is 2.21. The van der Waals surface area contributed by atoms with E-state index in [4.69, 9.17) is 27.6 Å². The van der Waals surface area contributed by atoms with Crippen LogP contribution in [-0.2, 0) is 11.3 Å². The molecule has 1 amide bonds. The van der Waals surface area contributed by atoms with Crippen LogP contribution in [0.15, 0.2) is 41.0 Å². The van der Waals surface area contributed by atoms with Gasteiger partial charge in [-0.2, -0.15) is 0 Å². The SMILES string of the molecule is O=C(CN1CCN(c2cccc(Cl)c2Cl)CC1)NCc1ccco1. The molecule has 1 saturated heterocycles. The molecule has 5 nitrogen and oxygen atoms in total. The van der Waals surface area contributed by atoms with E-state index in [-0.39, 0.29) is 5.91 Å². The third kappa shape index (κ3) is 4.23. The van der Waals surface area contributed by atoms with Crippen molar-refractivity contribution in [3.63, 3.8) is 0 Å². The zero-order chi connectivity index (χ0) is 16.9. The topological polar surface area (TPSA) is 48.7 Å². The molecule has 1 aromatic heterocycles. The summed E-state index contributed by atoms with van der Waals surface area (Å²) in [5.74, 6) is 0.754. The summed E-state index contributed by atoms with van der Waals surface area (Å²) in [6.45, 7) is 4.03. The van der Waals surface area contributed by atoms with Crippen LogP contribution in [0.25, 0.3) is 0 Å². The predicted molar refractivity (Wildman–Crippen MR) is 95.7 cm³/mol. The maximum Gasteiger partial charge on any atom is 0.234 e. The quantitative estimate of drug-likeness (QED) is 0.882. The maximum absolute atomic E-state index is 12.0. The number of furan rings is 1. The number of hydrogen-bond donors (Lipinski definition) is 1. The highest BCUT2D eigenvalue weighted by atomic mass is 35.5. The van der Waals surface area contributed by atoms with Crippen molar-refractivity contribution in [3.05, 3.63) is 52.4 Å². The summed E-state index contributed by atoms with van der Waals surface area (Å²) >= 11 is 12.4. The Bertz CT molecular complexity index is 683. The largest absolute Gasteiger partial charge is 0.467 e. The number of hydrogen-bond acceptors (Lipinski definition) is 4.